The first kappa shape index (κ1) is 15.0. The van der Waals surface area contributed by atoms with E-state index >= 15 is 0 Å². The second-order valence-electron chi connectivity index (χ2n) is 6.27. The van der Waals surface area contributed by atoms with Crippen LogP contribution in [0.1, 0.15) is 27.7 Å². The fourth-order valence-electron chi connectivity index (χ4n) is 2.33. The van der Waals surface area contributed by atoms with Gasteiger partial charge in [-0.25, -0.2) is 4.98 Å². The number of carbonyl (C=O) groups excluding carboxylic acids is 1. The normalized spacial score (nSPS) is 15.9. The fourth-order valence-corrected chi connectivity index (χ4v) is 2.33. The molecule has 2 rings (SSSR count). The van der Waals surface area contributed by atoms with Gasteiger partial charge in [-0.2, -0.15) is 0 Å². The number of imidazole rings is 1. The molecule has 0 bridgehead atoms. The summed E-state index contributed by atoms with van der Waals surface area (Å²) in [5.74, 6) is -0.392. The zero-order chi connectivity index (χ0) is 15.8. The molecule has 1 heterocycles. The summed E-state index contributed by atoms with van der Waals surface area (Å²) in [5.41, 5.74) is 5.42. The Morgan fingerprint density at radius 2 is 1.90 bits per heavy atom. The number of aromatic nitrogens is 2. The smallest absolute Gasteiger partial charge is 0.231 e. The van der Waals surface area contributed by atoms with Crippen molar-refractivity contribution in [3.63, 3.8) is 0 Å². The van der Waals surface area contributed by atoms with Gasteiger partial charge in [0.05, 0.1) is 11.0 Å². The number of rotatable bonds is 2. The van der Waals surface area contributed by atoms with Crippen molar-refractivity contribution >= 4 is 22.8 Å². The third-order valence-corrected chi connectivity index (χ3v) is 4.22. The van der Waals surface area contributed by atoms with Gasteiger partial charge in [-0.1, -0.05) is 38.1 Å². The van der Waals surface area contributed by atoms with Gasteiger partial charge in [-0.05, 0) is 24.5 Å². The van der Waals surface area contributed by atoms with Crippen molar-refractivity contribution in [3.8, 4) is 0 Å². The van der Waals surface area contributed by atoms with Gasteiger partial charge in [0.25, 0.3) is 0 Å². The van der Waals surface area contributed by atoms with Crippen LogP contribution >= 0.6 is 0 Å². The first-order chi connectivity index (χ1) is 9.73. The number of fused-ring (bicyclic) bond motifs is 1. The van der Waals surface area contributed by atoms with E-state index in [-0.39, 0.29) is 5.84 Å². The molecule has 0 aliphatic carbocycles. The molecule has 1 unspecified atom stereocenters. The van der Waals surface area contributed by atoms with Crippen molar-refractivity contribution in [1.82, 2.24) is 9.55 Å². The lowest BCUT2D eigenvalue weighted by Gasteiger charge is -2.39. The van der Waals surface area contributed by atoms with Crippen LogP contribution in [0.25, 0.3) is 11.0 Å². The molecule has 1 amide bonds. The number of hydrogen-bond donors (Lipinski definition) is 2. The Balaban J connectivity index is 2.72. The summed E-state index contributed by atoms with van der Waals surface area (Å²) in [6.07, 6.45) is 1.53. The number of para-hydroxylation sites is 2. The monoisotopic (exact) mass is 288 g/mol. The van der Waals surface area contributed by atoms with Crippen LogP contribution in [0.4, 0.5) is 0 Å². The predicted molar refractivity (Wildman–Crippen MR) is 81.1 cm³/mol. The van der Waals surface area contributed by atoms with Crippen molar-refractivity contribution in [2.45, 2.75) is 27.7 Å². The SMILES string of the molecule is CC(C)(C)C(C)(C(N)=O)C(=NO)n1cnc2ccccc21. The van der Waals surface area contributed by atoms with Crippen LogP contribution in [0.15, 0.2) is 35.7 Å². The molecule has 0 fully saturated rings. The molecule has 2 aromatic rings. The molecule has 0 saturated carbocycles. The number of nitrogens with zero attached hydrogens (tertiary/aromatic N) is 3. The van der Waals surface area contributed by atoms with Gasteiger partial charge in [0.2, 0.25) is 5.91 Å². The minimum Gasteiger partial charge on any atom is -0.409 e. The lowest BCUT2D eigenvalue weighted by atomic mass is 9.66. The lowest BCUT2D eigenvalue weighted by Crippen LogP contribution is -2.52. The summed E-state index contributed by atoms with van der Waals surface area (Å²) in [6, 6.07) is 7.41. The summed E-state index contributed by atoms with van der Waals surface area (Å²) in [6.45, 7) is 7.31. The molecule has 1 aromatic heterocycles. The van der Waals surface area contributed by atoms with Crippen LogP contribution in [-0.4, -0.2) is 26.5 Å². The molecular weight excluding hydrogens is 268 g/mol. The Labute approximate surface area is 123 Å². The molecule has 6 heteroatoms. The van der Waals surface area contributed by atoms with Gasteiger partial charge in [0.1, 0.15) is 11.7 Å². The Kier molecular flexibility index (Phi) is 3.49. The van der Waals surface area contributed by atoms with Gasteiger partial charge in [0, 0.05) is 0 Å². The Bertz CT molecular complexity index is 712. The summed E-state index contributed by atoms with van der Waals surface area (Å²) in [4.78, 5) is 16.4. The van der Waals surface area contributed by atoms with E-state index in [2.05, 4.69) is 10.1 Å². The minimum atomic E-state index is -1.16. The molecule has 1 aromatic carbocycles. The highest BCUT2D eigenvalue weighted by Crippen LogP contribution is 2.40. The van der Waals surface area contributed by atoms with Crippen LogP contribution in [0, 0.1) is 10.8 Å². The molecule has 1 atom stereocenters. The quantitative estimate of drug-likeness (QED) is 0.384. The average Bonchev–Trinajstić information content (AvgIpc) is 2.82. The molecule has 0 aliphatic rings. The Hall–Kier alpha value is -2.37. The van der Waals surface area contributed by atoms with E-state index in [9.17, 15) is 10.0 Å². The van der Waals surface area contributed by atoms with E-state index in [4.69, 9.17) is 5.73 Å². The van der Waals surface area contributed by atoms with Crippen LogP contribution in [0.3, 0.4) is 0 Å². The topological polar surface area (TPSA) is 93.5 Å². The summed E-state index contributed by atoms with van der Waals surface area (Å²) >= 11 is 0. The summed E-state index contributed by atoms with van der Waals surface area (Å²) < 4.78 is 1.60. The molecule has 0 saturated heterocycles. The van der Waals surface area contributed by atoms with Gasteiger partial charge in [-0.15, -0.1) is 0 Å². The molecule has 21 heavy (non-hydrogen) atoms. The van der Waals surface area contributed by atoms with Crippen LogP contribution in [-0.2, 0) is 4.79 Å². The van der Waals surface area contributed by atoms with E-state index in [1.807, 2.05) is 45.0 Å². The maximum atomic E-state index is 12.1. The van der Waals surface area contributed by atoms with Crippen LogP contribution in [0.2, 0.25) is 0 Å². The number of primary amides is 1. The van der Waals surface area contributed by atoms with Gasteiger partial charge in [-0.3, -0.25) is 9.36 Å². The van der Waals surface area contributed by atoms with Crippen LogP contribution in [0.5, 0.6) is 0 Å². The standard InChI is InChI=1S/C15H20N4O2/c1-14(2,3)15(4,12(16)20)13(18-21)19-9-17-10-7-5-6-8-11(10)19/h5-9,21H,1-4H3,(H2,16,20). The molecular formula is C15H20N4O2. The average molecular weight is 288 g/mol. The second-order valence-corrected chi connectivity index (χ2v) is 6.27. The predicted octanol–water partition coefficient (Wildman–Crippen LogP) is 2.21. The van der Waals surface area contributed by atoms with Gasteiger partial charge < -0.3 is 10.9 Å². The largest absolute Gasteiger partial charge is 0.409 e. The molecule has 112 valence electrons. The summed E-state index contributed by atoms with van der Waals surface area (Å²) in [5, 5.41) is 12.9. The first-order valence-electron chi connectivity index (χ1n) is 6.68. The number of amides is 1. The van der Waals surface area contributed by atoms with E-state index in [1.165, 1.54) is 6.33 Å². The number of oxime groups is 1. The zero-order valence-electron chi connectivity index (χ0n) is 12.7. The lowest BCUT2D eigenvalue weighted by molar-refractivity contribution is -0.127. The maximum Gasteiger partial charge on any atom is 0.231 e. The van der Waals surface area contributed by atoms with Crippen molar-refractivity contribution < 1.29 is 10.0 Å². The zero-order valence-corrected chi connectivity index (χ0v) is 12.7. The fraction of sp³-hybridized carbons (Fsp3) is 0.400. The minimum absolute atomic E-state index is 0.163. The third-order valence-electron chi connectivity index (χ3n) is 4.22. The van der Waals surface area contributed by atoms with E-state index in [0.29, 0.717) is 0 Å². The number of benzene rings is 1. The maximum absolute atomic E-state index is 12.1. The highest BCUT2D eigenvalue weighted by atomic mass is 16.4. The Morgan fingerprint density at radius 1 is 1.29 bits per heavy atom. The van der Waals surface area contributed by atoms with E-state index in [0.717, 1.165) is 11.0 Å². The third kappa shape index (κ3) is 2.16. The summed E-state index contributed by atoms with van der Waals surface area (Å²) in [7, 11) is 0. The van der Waals surface area contributed by atoms with Crippen molar-refractivity contribution in [3.05, 3.63) is 30.6 Å². The number of hydrogen-bond acceptors (Lipinski definition) is 4. The van der Waals surface area contributed by atoms with Crippen molar-refractivity contribution in [2.75, 3.05) is 0 Å². The van der Waals surface area contributed by atoms with Crippen molar-refractivity contribution in [2.24, 2.45) is 21.7 Å². The molecule has 0 spiro atoms. The Morgan fingerprint density at radius 3 is 2.43 bits per heavy atom. The first-order valence-corrected chi connectivity index (χ1v) is 6.68. The molecule has 3 N–H and O–H groups in total. The molecule has 0 radical (unpaired) electrons. The van der Waals surface area contributed by atoms with Crippen LogP contribution < -0.4 is 5.73 Å². The van der Waals surface area contributed by atoms with Gasteiger partial charge in [0.15, 0.2) is 5.84 Å². The second kappa shape index (κ2) is 4.87. The highest BCUT2D eigenvalue weighted by Gasteiger charge is 2.49. The van der Waals surface area contributed by atoms with E-state index < -0.39 is 16.7 Å². The highest BCUT2D eigenvalue weighted by molar-refractivity contribution is 6.10. The van der Waals surface area contributed by atoms with E-state index in [1.54, 1.807) is 11.5 Å². The number of nitrogens with two attached hydrogens (primary N) is 1. The number of carbonyl (C=O) groups is 1. The molecule has 0 aliphatic heterocycles. The molecule has 6 nitrogen and oxygen atoms in total. The van der Waals surface area contributed by atoms with Gasteiger partial charge >= 0.3 is 0 Å². The van der Waals surface area contributed by atoms with Crippen molar-refractivity contribution in [1.29, 1.82) is 0 Å².